The number of rotatable bonds is 2. The van der Waals surface area contributed by atoms with Crippen molar-refractivity contribution in [2.24, 2.45) is 5.92 Å². The Bertz CT molecular complexity index is 182. The summed E-state index contributed by atoms with van der Waals surface area (Å²) in [5.74, 6) is 0.753. The van der Waals surface area contributed by atoms with E-state index in [1.165, 1.54) is 23.9 Å². The molecule has 2 heteroatoms. The van der Waals surface area contributed by atoms with Crippen LogP contribution in [0.25, 0.3) is 0 Å². The molecule has 0 aromatic heterocycles. The van der Waals surface area contributed by atoms with Gasteiger partial charge < -0.3 is 10.7 Å². The van der Waals surface area contributed by atoms with Crippen LogP contribution in [-0.4, -0.2) is 13.3 Å². The van der Waals surface area contributed by atoms with Crippen molar-refractivity contribution in [1.82, 2.24) is 5.32 Å². The molecular formula is C9H16N2. The molecule has 1 rings (SSSR count). The van der Waals surface area contributed by atoms with E-state index in [0.717, 1.165) is 18.8 Å². The largest absolute Gasteiger partial charge is 0.391 e. The van der Waals surface area contributed by atoms with Gasteiger partial charge in [-0.05, 0) is 30.8 Å². The number of nitrogens with one attached hydrogen (secondary N) is 2. The molecule has 0 fully saturated rings. The third-order valence-electron chi connectivity index (χ3n) is 2.32. The van der Waals surface area contributed by atoms with Crippen LogP contribution in [0.2, 0.25) is 0 Å². The van der Waals surface area contributed by atoms with E-state index in [9.17, 15) is 0 Å². The van der Waals surface area contributed by atoms with Gasteiger partial charge >= 0.3 is 0 Å². The molecule has 0 saturated heterocycles. The smallest absolute Gasteiger partial charge is 0.0227 e. The zero-order valence-electron chi connectivity index (χ0n) is 7.28. The van der Waals surface area contributed by atoms with Gasteiger partial charge in [-0.3, -0.25) is 0 Å². The van der Waals surface area contributed by atoms with Crippen LogP contribution < -0.4 is 5.32 Å². The van der Waals surface area contributed by atoms with Crippen LogP contribution in [0.4, 0.5) is 0 Å². The maximum atomic E-state index is 7.20. The molecule has 0 amide bonds. The molecule has 11 heavy (non-hydrogen) atoms. The fourth-order valence-electron chi connectivity index (χ4n) is 1.58. The van der Waals surface area contributed by atoms with Crippen LogP contribution >= 0.6 is 0 Å². The van der Waals surface area contributed by atoms with E-state index in [4.69, 9.17) is 5.41 Å². The minimum absolute atomic E-state index is 0.753. The molecule has 0 spiro atoms. The summed E-state index contributed by atoms with van der Waals surface area (Å²) < 4.78 is 0. The SMILES string of the molecule is CNC1=C(C=N)CC(C)CC1. The van der Waals surface area contributed by atoms with Gasteiger partial charge in [0.25, 0.3) is 0 Å². The van der Waals surface area contributed by atoms with Crippen LogP contribution in [-0.2, 0) is 0 Å². The van der Waals surface area contributed by atoms with Gasteiger partial charge in [-0.1, -0.05) is 6.92 Å². The molecular weight excluding hydrogens is 136 g/mol. The summed E-state index contributed by atoms with van der Waals surface area (Å²) in [7, 11) is 1.94. The minimum Gasteiger partial charge on any atom is -0.391 e. The van der Waals surface area contributed by atoms with Gasteiger partial charge in [0, 0.05) is 19.0 Å². The molecule has 1 unspecified atom stereocenters. The van der Waals surface area contributed by atoms with Crippen molar-refractivity contribution in [1.29, 1.82) is 5.41 Å². The fraction of sp³-hybridized carbons (Fsp3) is 0.667. The first-order valence-electron chi connectivity index (χ1n) is 4.18. The average molecular weight is 152 g/mol. The summed E-state index contributed by atoms with van der Waals surface area (Å²) in [5, 5.41) is 10.4. The minimum atomic E-state index is 0.753. The predicted molar refractivity (Wildman–Crippen MR) is 47.9 cm³/mol. The lowest BCUT2D eigenvalue weighted by atomic mass is 9.88. The van der Waals surface area contributed by atoms with Crippen molar-refractivity contribution in [2.75, 3.05) is 7.05 Å². The Morgan fingerprint density at radius 3 is 2.91 bits per heavy atom. The second kappa shape index (κ2) is 3.56. The Balaban J connectivity index is 2.74. The Kier molecular flexibility index (Phi) is 2.69. The van der Waals surface area contributed by atoms with Crippen LogP contribution in [0.5, 0.6) is 0 Å². The molecule has 1 aliphatic carbocycles. The Labute approximate surface area is 68.2 Å². The topological polar surface area (TPSA) is 35.9 Å². The van der Waals surface area contributed by atoms with Crippen molar-refractivity contribution in [3.63, 3.8) is 0 Å². The van der Waals surface area contributed by atoms with Crippen molar-refractivity contribution in [3.8, 4) is 0 Å². The van der Waals surface area contributed by atoms with E-state index in [2.05, 4.69) is 12.2 Å². The van der Waals surface area contributed by atoms with Crippen molar-refractivity contribution in [3.05, 3.63) is 11.3 Å². The van der Waals surface area contributed by atoms with Gasteiger partial charge in [-0.2, -0.15) is 0 Å². The molecule has 0 aliphatic heterocycles. The first-order chi connectivity index (χ1) is 5.27. The maximum Gasteiger partial charge on any atom is 0.0227 e. The molecule has 2 N–H and O–H groups in total. The summed E-state index contributed by atoms with van der Waals surface area (Å²) in [6, 6.07) is 0. The lowest BCUT2D eigenvalue weighted by Gasteiger charge is -2.22. The quantitative estimate of drug-likeness (QED) is 0.583. The van der Waals surface area contributed by atoms with E-state index in [1.54, 1.807) is 0 Å². The molecule has 0 saturated carbocycles. The van der Waals surface area contributed by atoms with Crippen LogP contribution in [0.3, 0.4) is 0 Å². The van der Waals surface area contributed by atoms with Gasteiger partial charge in [0.2, 0.25) is 0 Å². The highest BCUT2D eigenvalue weighted by molar-refractivity contribution is 5.77. The van der Waals surface area contributed by atoms with Gasteiger partial charge in [0.05, 0.1) is 0 Å². The monoisotopic (exact) mass is 152 g/mol. The predicted octanol–water partition coefficient (Wildman–Crippen LogP) is 1.93. The molecule has 1 aliphatic rings. The zero-order valence-corrected chi connectivity index (χ0v) is 7.28. The fourth-order valence-corrected chi connectivity index (χ4v) is 1.58. The normalized spacial score (nSPS) is 25.1. The molecule has 0 radical (unpaired) electrons. The standard InChI is InChI=1S/C9H16N2/c1-7-3-4-9(11-2)8(5-7)6-10/h6-7,10-11H,3-5H2,1-2H3. The van der Waals surface area contributed by atoms with E-state index < -0.39 is 0 Å². The lowest BCUT2D eigenvalue weighted by Crippen LogP contribution is -2.17. The zero-order chi connectivity index (χ0) is 8.27. The van der Waals surface area contributed by atoms with Crippen LogP contribution in [0.1, 0.15) is 26.2 Å². The first-order valence-corrected chi connectivity index (χ1v) is 4.18. The summed E-state index contributed by atoms with van der Waals surface area (Å²) in [5.41, 5.74) is 2.45. The van der Waals surface area contributed by atoms with Gasteiger partial charge in [-0.15, -0.1) is 0 Å². The third kappa shape index (κ3) is 1.82. The van der Waals surface area contributed by atoms with Crippen molar-refractivity contribution in [2.45, 2.75) is 26.2 Å². The summed E-state index contributed by atoms with van der Waals surface area (Å²) >= 11 is 0. The highest BCUT2D eigenvalue weighted by Crippen LogP contribution is 2.26. The second-order valence-corrected chi connectivity index (χ2v) is 3.25. The second-order valence-electron chi connectivity index (χ2n) is 3.25. The number of hydrogen-bond donors (Lipinski definition) is 2. The van der Waals surface area contributed by atoms with E-state index in [1.807, 2.05) is 7.05 Å². The van der Waals surface area contributed by atoms with E-state index in [0.29, 0.717) is 0 Å². The average Bonchev–Trinajstić information content (AvgIpc) is 2.04. The van der Waals surface area contributed by atoms with Gasteiger partial charge in [0.1, 0.15) is 0 Å². The number of hydrogen-bond acceptors (Lipinski definition) is 2. The molecule has 1 atom stereocenters. The van der Waals surface area contributed by atoms with Gasteiger partial charge in [0.15, 0.2) is 0 Å². The third-order valence-corrected chi connectivity index (χ3v) is 2.32. The summed E-state index contributed by atoms with van der Waals surface area (Å²) in [6.07, 6.45) is 4.93. The first kappa shape index (κ1) is 8.31. The van der Waals surface area contributed by atoms with E-state index in [-0.39, 0.29) is 0 Å². The number of allylic oxidation sites excluding steroid dienone is 2. The molecule has 2 nitrogen and oxygen atoms in total. The Hall–Kier alpha value is -0.790. The molecule has 0 aromatic carbocycles. The molecule has 0 heterocycles. The van der Waals surface area contributed by atoms with Gasteiger partial charge in [-0.25, -0.2) is 0 Å². The van der Waals surface area contributed by atoms with Crippen LogP contribution in [0, 0.1) is 11.3 Å². The summed E-state index contributed by atoms with van der Waals surface area (Å²) in [6.45, 7) is 2.25. The van der Waals surface area contributed by atoms with Crippen molar-refractivity contribution >= 4 is 6.21 Å². The van der Waals surface area contributed by atoms with Crippen molar-refractivity contribution < 1.29 is 0 Å². The van der Waals surface area contributed by atoms with E-state index >= 15 is 0 Å². The molecule has 0 aromatic rings. The lowest BCUT2D eigenvalue weighted by molar-refractivity contribution is 0.494. The summed E-state index contributed by atoms with van der Waals surface area (Å²) in [4.78, 5) is 0. The molecule has 0 bridgehead atoms. The highest BCUT2D eigenvalue weighted by atomic mass is 14.8. The Morgan fingerprint density at radius 1 is 1.64 bits per heavy atom. The Morgan fingerprint density at radius 2 is 2.36 bits per heavy atom. The van der Waals surface area contributed by atoms with Crippen LogP contribution in [0.15, 0.2) is 11.3 Å². The molecule has 62 valence electrons. The maximum absolute atomic E-state index is 7.20. The highest BCUT2D eigenvalue weighted by Gasteiger charge is 2.14.